The van der Waals surface area contributed by atoms with Crippen LogP contribution in [0.2, 0.25) is 5.02 Å². The van der Waals surface area contributed by atoms with Crippen LogP contribution in [0.15, 0.2) is 42.5 Å². The van der Waals surface area contributed by atoms with Crippen LogP contribution in [0.5, 0.6) is 5.75 Å². The van der Waals surface area contributed by atoms with Gasteiger partial charge in [-0.3, -0.25) is 0 Å². The van der Waals surface area contributed by atoms with Crippen molar-refractivity contribution in [1.82, 2.24) is 0 Å². The molecule has 3 heteroatoms. The lowest BCUT2D eigenvalue weighted by molar-refractivity contribution is 0.400. The Morgan fingerprint density at radius 2 is 1.86 bits per heavy atom. The van der Waals surface area contributed by atoms with E-state index in [-0.39, 0.29) is 5.92 Å². The van der Waals surface area contributed by atoms with Gasteiger partial charge in [0.05, 0.1) is 7.11 Å². The van der Waals surface area contributed by atoms with Crippen molar-refractivity contribution in [3.05, 3.63) is 64.2 Å². The van der Waals surface area contributed by atoms with E-state index in [2.05, 4.69) is 38.1 Å². The Bertz CT molecular complexity index is 627. The number of aryl methyl sites for hydroxylation is 1. The van der Waals surface area contributed by atoms with Gasteiger partial charge in [-0.25, -0.2) is 0 Å². The van der Waals surface area contributed by atoms with Gasteiger partial charge < -0.3 is 10.5 Å². The number of ether oxygens (including phenoxy) is 1. The van der Waals surface area contributed by atoms with Crippen molar-refractivity contribution in [2.75, 3.05) is 13.7 Å². The minimum atomic E-state index is 0.276. The zero-order chi connectivity index (χ0) is 16.1. The van der Waals surface area contributed by atoms with Crippen molar-refractivity contribution in [2.24, 2.45) is 5.73 Å². The van der Waals surface area contributed by atoms with E-state index >= 15 is 0 Å². The maximum absolute atomic E-state index is 6.20. The first-order valence-corrected chi connectivity index (χ1v) is 8.05. The van der Waals surface area contributed by atoms with E-state index < -0.39 is 0 Å². The third-order valence-corrected chi connectivity index (χ3v) is 4.59. The fourth-order valence-corrected chi connectivity index (χ4v) is 3.32. The lowest BCUT2D eigenvalue weighted by Crippen LogP contribution is -2.15. The standard InChI is InChI=1S/C19H24ClNO/c1-13-6-4-5-7-16(13)17(10-11-21)14(2)18-12-15(20)8-9-19(18)22-3/h4-9,12,14,17H,10-11,21H2,1-3H3. The summed E-state index contributed by atoms with van der Waals surface area (Å²) in [6.45, 7) is 5.04. The van der Waals surface area contributed by atoms with Gasteiger partial charge in [0.1, 0.15) is 5.75 Å². The van der Waals surface area contributed by atoms with Crippen LogP contribution < -0.4 is 10.5 Å². The van der Waals surface area contributed by atoms with E-state index in [0.29, 0.717) is 12.5 Å². The molecule has 2 unspecified atom stereocenters. The lowest BCUT2D eigenvalue weighted by Gasteiger charge is -2.27. The van der Waals surface area contributed by atoms with Gasteiger partial charge in [-0.1, -0.05) is 42.8 Å². The van der Waals surface area contributed by atoms with Crippen LogP contribution in [0.4, 0.5) is 0 Å². The molecule has 2 aromatic rings. The maximum atomic E-state index is 6.20. The van der Waals surface area contributed by atoms with Crippen LogP contribution in [0.3, 0.4) is 0 Å². The van der Waals surface area contributed by atoms with Gasteiger partial charge in [-0.15, -0.1) is 0 Å². The van der Waals surface area contributed by atoms with Crippen LogP contribution in [0.25, 0.3) is 0 Å². The van der Waals surface area contributed by atoms with Gasteiger partial charge in [0.15, 0.2) is 0 Å². The first-order chi connectivity index (χ1) is 10.6. The summed E-state index contributed by atoms with van der Waals surface area (Å²) < 4.78 is 5.53. The summed E-state index contributed by atoms with van der Waals surface area (Å²) >= 11 is 6.20. The summed E-state index contributed by atoms with van der Waals surface area (Å²) in [6.07, 6.45) is 0.932. The third kappa shape index (κ3) is 3.63. The largest absolute Gasteiger partial charge is 0.496 e. The molecule has 0 heterocycles. The first-order valence-electron chi connectivity index (χ1n) is 7.67. The van der Waals surface area contributed by atoms with Gasteiger partial charge in [0, 0.05) is 5.02 Å². The molecule has 22 heavy (non-hydrogen) atoms. The molecule has 0 spiro atoms. The number of hydrogen-bond acceptors (Lipinski definition) is 2. The second kappa shape index (κ2) is 7.66. The average Bonchev–Trinajstić information content (AvgIpc) is 2.53. The highest BCUT2D eigenvalue weighted by molar-refractivity contribution is 6.30. The number of nitrogens with two attached hydrogens (primary N) is 1. The fraction of sp³-hybridized carbons (Fsp3) is 0.368. The molecular weight excluding hydrogens is 294 g/mol. The molecule has 2 rings (SSSR count). The summed E-state index contributed by atoms with van der Waals surface area (Å²) in [5, 5.41) is 0.735. The summed E-state index contributed by atoms with van der Waals surface area (Å²) in [5.74, 6) is 1.50. The quantitative estimate of drug-likeness (QED) is 0.823. The van der Waals surface area contributed by atoms with Gasteiger partial charge in [-0.2, -0.15) is 0 Å². The molecule has 0 amide bonds. The molecular formula is C19H24ClNO. The molecule has 2 N–H and O–H groups in total. The second-order valence-corrected chi connectivity index (χ2v) is 6.15. The maximum Gasteiger partial charge on any atom is 0.122 e. The molecule has 118 valence electrons. The highest BCUT2D eigenvalue weighted by Crippen LogP contribution is 2.40. The first kappa shape index (κ1) is 16.9. The van der Waals surface area contributed by atoms with E-state index in [4.69, 9.17) is 22.1 Å². The summed E-state index contributed by atoms with van der Waals surface area (Å²) in [5.41, 5.74) is 9.66. The number of halogens is 1. The molecule has 0 aliphatic heterocycles. The van der Waals surface area contributed by atoms with E-state index in [1.54, 1.807) is 7.11 Å². The Kier molecular flexibility index (Phi) is 5.87. The van der Waals surface area contributed by atoms with Crippen molar-refractivity contribution < 1.29 is 4.74 Å². The second-order valence-electron chi connectivity index (χ2n) is 5.72. The minimum absolute atomic E-state index is 0.276. The number of hydrogen-bond donors (Lipinski definition) is 1. The van der Waals surface area contributed by atoms with Crippen molar-refractivity contribution in [2.45, 2.75) is 32.1 Å². The predicted molar refractivity (Wildman–Crippen MR) is 94.0 cm³/mol. The average molecular weight is 318 g/mol. The fourth-order valence-electron chi connectivity index (χ4n) is 3.14. The van der Waals surface area contributed by atoms with Gasteiger partial charge in [-0.05, 0) is 66.6 Å². The normalized spacial score (nSPS) is 13.7. The monoisotopic (exact) mass is 317 g/mol. The third-order valence-electron chi connectivity index (χ3n) is 4.35. The Morgan fingerprint density at radius 1 is 1.14 bits per heavy atom. The Morgan fingerprint density at radius 3 is 2.50 bits per heavy atom. The molecule has 0 fully saturated rings. The molecule has 0 aliphatic rings. The summed E-state index contributed by atoms with van der Waals surface area (Å²) in [6, 6.07) is 14.3. The van der Waals surface area contributed by atoms with Crippen LogP contribution in [0, 0.1) is 6.92 Å². The Labute approximate surface area is 138 Å². The number of benzene rings is 2. The minimum Gasteiger partial charge on any atom is -0.496 e. The van der Waals surface area contributed by atoms with Crippen LogP contribution >= 0.6 is 11.6 Å². The Hall–Kier alpha value is -1.51. The highest BCUT2D eigenvalue weighted by Gasteiger charge is 2.24. The molecule has 0 bridgehead atoms. The molecule has 0 saturated heterocycles. The van der Waals surface area contributed by atoms with E-state index in [9.17, 15) is 0 Å². The molecule has 0 saturated carbocycles. The van der Waals surface area contributed by atoms with Gasteiger partial charge in [0.25, 0.3) is 0 Å². The van der Waals surface area contributed by atoms with Crippen LogP contribution in [-0.4, -0.2) is 13.7 Å². The zero-order valence-corrected chi connectivity index (χ0v) is 14.2. The van der Waals surface area contributed by atoms with Crippen molar-refractivity contribution in [3.8, 4) is 5.75 Å². The number of rotatable bonds is 6. The van der Waals surface area contributed by atoms with Crippen molar-refractivity contribution >= 4 is 11.6 Å². The SMILES string of the molecule is COc1ccc(Cl)cc1C(C)C(CCN)c1ccccc1C. The van der Waals surface area contributed by atoms with Crippen LogP contribution in [-0.2, 0) is 0 Å². The smallest absolute Gasteiger partial charge is 0.122 e. The zero-order valence-electron chi connectivity index (χ0n) is 13.5. The van der Waals surface area contributed by atoms with E-state index in [0.717, 1.165) is 22.8 Å². The molecule has 0 aliphatic carbocycles. The van der Waals surface area contributed by atoms with Gasteiger partial charge >= 0.3 is 0 Å². The van der Waals surface area contributed by atoms with E-state index in [1.165, 1.54) is 11.1 Å². The van der Waals surface area contributed by atoms with Crippen molar-refractivity contribution in [3.63, 3.8) is 0 Å². The predicted octanol–water partition coefficient (Wildman–Crippen LogP) is 4.89. The highest BCUT2D eigenvalue weighted by atomic mass is 35.5. The van der Waals surface area contributed by atoms with Crippen LogP contribution in [0.1, 0.15) is 41.9 Å². The van der Waals surface area contributed by atoms with E-state index in [1.807, 2.05) is 18.2 Å². The number of methoxy groups -OCH3 is 1. The van der Waals surface area contributed by atoms with Crippen molar-refractivity contribution in [1.29, 1.82) is 0 Å². The summed E-state index contributed by atoms with van der Waals surface area (Å²) in [4.78, 5) is 0. The topological polar surface area (TPSA) is 35.2 Å². The van der Waals surface area contributed by atoms with Gasteiger partial charge in [0.2, 0.25) is 0 Å². The summed E-state index contributed by atoms with van der Waals surface area (Å²) in [7, 11) is 1.70. The molecule has 0 aromatic heterocycles. The molecule has 0 radical (unpaired) electrons. The molecule has 2 atom stereocenters. The molecule has 2 nitrogen and oxygen atoms in total. The Balaban J connectivity index is 2.45. The molecule has 2 aromatic carbocycles. The lowest BCUT2D eigenvalue weighted by atomic mass is 9.79.